The lowest BCUT2D eigenvalue weighted by molar-refractivity contribution is -0.116. The molecule has 2 N–H and O–H groups in total. The first-order chi connectivity index (χ1) is 20.6. The van der Waals surface area contributed by atoms with Gasteiger partial charge in [0.25, 0.3) is 11.8 Å². The second-order valence-corrected chi connectivity index (χ2v) is 10.1. The lowest BCUT2D eigenvalue weighted by Gasteiger charge is -2.21. The average Bonchev–Trinajstić information content (AvgIpc) is 3.49. The fraction of sp³-hybridized carbons (Fsp3) is 0.310. The minimum absolute atomic E-state index is 0.0846. The molecule has 0 saturated heterocycles. The van der Waals surface area contributed by atoms with Crippen LogP contribution in [0.4, 0.5) is 17.2 Å². The average molecular weight is 608 g/mol. The van der Waals surface area contributed by atoms with Gasteiger partial charge in [0.2, 0.25) is 11.7 Å². The number of carbonyl (C=O) groups is 4. The Bertz CT molecular complexity index is 1590. The smallest absolute Gasteiger partial charge is 0.291 e. The van der Waals surface area contributed by atoms with Crippen LogP contribution in [0.1, 0.15) is 44.3 Å². The van der Waals surface area contributed by atoms with E-state index >= 15 is 0 Å². The highest BCUT2D eigenvalue weighted by atomic mass is 32.1. The Morgan fingerprint density at radius 2 is 1.93 bits per heavy atom. The van der Waals surface area contributed by atoms with Crippen molar-refractivity contribution in [2.45, 2.75) is 12.8 Å². The fourth-order valence-corrected chi connectivity index (χ4v) is 4.46. The number of thiol groups is 1. The van der Waals surface area contributed by atoms with E-state index in [0.717, 1.165) is 5.57 Å². The molecule has 3 heterocycles. The maximum absolute atomic E-state index is 13.1. The van der Waals surface area contributed by atoms with Gasteiger partial charge in [0.1, 0.15) is 0 Å². The van der Waals surface area contributed by atoms with Gasteiger partial charge in [-0.3, -0.25) is 24.2 Å². The summed E-state index contributed by atoms with van der Waals surface area (Å²) in [6.07, 6.45) is 6.00. The Kier molecular flexibility index (Phi) is 10.0. The van der Waals surface area contributed by atoms with Crippen LogP contribution >= 0.6 is 12.6 Å². The van der Waals surface area contributed by atoms with Crippen molar-refractivity contribution < 1.29 is 28.7 Å². The zero-order chi connectivity index (χ0) is 31.1. The van der Waals surface area contributed by atoms with Crippen LogP contribution in [0.25, 0.3) is 0 Å². The molecule has 4 rings (SSSR count). The molecule has 0 spiro atoms. The monoisotopic (exact) mass is 607 g/mol. The van der Waals surface area contributed by atoms with E-state index < -0.39 is 5.91 Å². The van der Waals surface area contributed by atoms with Crippen LogP contribution < -0.4 is 20.1 Å². The van der Waals surface area contributed by atoms with Gasteiger partial charge < -0.3 is 34.1 Å². The molecule has 2 aromatic heterocycles. The van der Waals surface area contributed by atoms with E-state index in [1.54, 1.807) is 54.2 Å². The van der Waals surface area contributed by atoms with Gasteiger partial charge in [-0.05, 0) is 24.1 Å². The third-order valence-corrected chi connectivity index (χ3v) is 6.99. The number of aryl methyl sites for hydroxylation is 2. The molecule has 0 fully saturated rings. The Hall–Kier alpha value is -4.85. The molecule has 0 bridgehead atoms. The van der Waals surface area contributed by atoms with E-state index in [1.165, 1.54) is 17.9 Å². The summed E-state index contributed by atoms with van der Waals surface area (Å²) < 4.78 is 14.4. The van der Waals surface area contributed by atoms with Gasteiger partial charge in [0.05, 0.1) is 42.9 Å². The molecule has 0 atom stereocenters. The SMILES string of the molecule is C=C(CS)CN1CC=Nc2cc(OCCCC(=O)Nc3cn(C)c(C(=O)Nc4cc(C=O)n(C)c4)n3)c(OC)cc2C1=O. The number of rotatable bonds is 13. The summed E-state index contributed by atoms with van der Waals surface area (Å²) in [5.41, 5.74) is 2.53. The molecule has 226 valence electrons. The summed E-state index contributed by atoms with van der Waals surface area (Å²) >= 11 is 4.22. The maximum atomic E-state index is 13.1. The first-order valence-corrected chi connectivity index (χ1v) is 14.0. The number of ether oxygens (including phenoxy) is 2. The van der Waals surface area contributed by atoms with Gasteiger partial charge in [-0.15, -0.1) is 0 Å². The third-order valence-electron chi connectivity index (χ3n) is 6.54. The predicted octanol–water partition coefficient (Wildman–Crippen LogP) is 3.27. The largest absolute Gasteiger partial charge is 0.493 e. The minimum atomic E-state index is -0.490. The number of hydrogen-bond donors (Lipinski definition) is 3. The number of carbonyl (C=O) groups excluding carboxylic acids is 4. The first-order valence-electron chi connectivity index (χ1n) is 13.3. The van der Waals surface area contributed by atoms with E-state index in [-0.39, 0.29) is 36.5 Å². The van der Waals surface area contributed by atoms with E-state index in [9.17, 15) is 19.2 Å². The summed E-state index contributed by atoms with van der Waals surface area (Å²) in [5.74, 6) is 0.567. The molecule has 3 aromatic rings. The number of aldehydes is 1. The van der Waals surface area contributed by atoms with Gasteiger partial charge in [-0.2, -0.15) is 12.6 Å². The van der Waals surface area contributed by atoms with Crippen molar-refractivity contribution in [3.63, 3.8) is 0 Å². The quantitative estimate of drug-likeness (QED) is 0.117. The highest BCUT2D eigenvalue weighted by molar-refractivity contribution is 7.80. The van der Waals surface area contributed by atoms with Crippen molar-refractivity contribution in [1.82, 2.24) is 19.0 Å². The van der Waals surface area contributed by atoms with Gasteiger partial charge in [-0.1, -0.05) is 6.58 Å². The number of fused-ring (bicyclic) bond motifs is 1. The molecule has 3 amide bonds. The molecular formula is C29H33N7O6S. The van der Waals surface area contributed by atoms with Crippen molar-refractivity contribution in [3.05, 3.63) is 59.8 Å². The summed E-state index contributed by atoms with van der Waals surface area (Å²) in [7, 11) is 4.81. The summed E-state index contributed by atoms with van der Waals surface area (Å²) in [6, 6.07) is 4.80. The number of nitrogens with one attached hydrogen (secondary N) is 2. The highest BCUT2D eigenvalue weighted by Crippen LogP contribution is 2.36. The van der Waals surface area contributed by atoms with E-state index in [1.807, 2.05) is 0 Å². The number of hydrogen-bond acceptors (Lipinski definition) is 9. The molecule has 0 saturated carbocycles. The zero-order valence-corrected chi connectivity index (χ0v) is 25.0. The number of benzene rings is 1. The van der Waals surface area contributed by atoms with E-state index in [0.29, 0.717) is 65.7 Å². The number of imidazole rings is 1. The van der Waals surface area contributed by atoms with Crippen molar-refractivity contribution >= 4 is 60.0 Å². The van der Waals surface area contributed by atoms with Gasteiger partial charge in [0, 0.05) is 57.5 Å². The number of methoxy groups -OCH3 is 1. The minimum Gasteiger partial charge on any atom is -0.493 e. The van der Waals surface area contributed by atoms with Crippen LogP contribution in [-0.2, 0) is 18.9 Å². The van der Waals surface area contributed by atoms with Crippen LogP contribution in [0.5, 0.6) is 11.5 Å². The number of nitrogens with zero attached hydrogens (tertiary/aromatic N) is 5. The standard InChI is InChI=1S/C29H33N7O6S/c1-18(17-43)13-36-8-7-30-22-12-24(23(41-4)11-21(22)29(36)40)42-9-5-6-26(38)32-25-15-35(3)27(33-25)28(39)31-19-10-20(16-37)34(2)14-19/h7,10-12,14-16,43H,1,5-6,8-9,13,17H2,2-4H3,(H,31,39)(H,32,38). The summed E-state index contributed by atoms with van der Waals surface area (Å²) in [4.78, 5) is 59.7. The van der Waals surface area contributed by atoms with Gasteiger partial charge >= 0.3 is 0 Å². The van der Waals surface area contributed by atoms with Crippen LogP contribution in [0.3, 0.4) is 0 Å². The highest BCUT2D eigenvalue weighted by Gasteiger charge is 2.24. The Morgan fingerprint density at radius 3 is 2.63 bits per heavy atom. The molecule has 14 heteroatoms. The molecule has 1 aliphatic rings. The fourth-order valence-electron chi connectivity index (χ4n) is 4.36. The molecule has 0 unspecified atom stereocenters. The lowest BCUT2D eigenvalue weighted by Crippen LogP contribution is -2.33. The molecule has 43 heavy (non-hydrogen) atoms. The van der Waals surface area contributed by atoms with Crippen LogP contribution in [0.15, 0.2) is 47.7 Å². The maximum Gasteiger partial charge on any atom is 0.291 e. The number of aliphatic imine (C=N–C) groups is 1. The second-order valence-electron chi connectivity index (χ2n) is 9.82. The first kappa shape index (κ1) is 31.1. The lowest BCUT2D eigenvalue weighted by atomic mass is 10.1. The summed E-state index contributed by atoms with van der Waals surface area (Å²) in [5, 5.41) is 5.37. The molecule has 0 radical (unpaired) electrons. The Morgan fingerprint density at radius 1 is 1.14 bits per heavy atom. The molecular weight excluding hydrogens is 574 g/mol. The number of amides is 3. The molecule has 0 aliphatic carbocycles. The summed E-state index contributed by atoms with van der Waals surface area (Å²) in [6.45, 7) is 4.84. The normalized spacial score (nSPS) is 12.4. The molecule has 1 aliphatic heterocycles. The van der Waals surface area contributed by atoms with Crippen molar-refractivity contribution in [2.75, 3.05) is 43.2 Å². The number of aromatic nitrogens is 3. The number of anilines is 2. The zero-order valence-electron chi connectivity index (χ0n) is 24.1. The van der Waals surface area contributed by atoms with E-state index in [4.69, 9.17) is 9.47 Å². The van der Waals surface area contributed by atoms with Gasteiger partial charge in [0.15, 0.2) is 23.6 Å². The van der Waals surface area contributed by atoms with Crippen molar-refractivity contribution in [3.8, 4) is 11.5 Å². The third kappa shape index (κ3) is 7.52. The van der Waals surface area contributed by atoms with Crippen LogP contribution in [0.2, 0.25) is 0 Å². The second kappa shape index (κ2) is 13.9. The Balaban J connectivity index is 1.31. The Labute approximate surface area is 254 Å². The van der Waals surface area contributed by atoms with Gasteiger partial charge in [-0.25, -0.2) is 4.98 Å². The van der Waals surface area contributed by atoms with Crippen LogP contribution in [0, 0.1) is 0 Å². The topological polar surface area (TPSA) is 149 Å². The van der Waals surface area contributed by atoms with Crippen LogP contribution in [-0.4, -0.2) is 81.8 Å². The predicted molar refractivity (Wildman–Crippen MR) is 165 cm³/mol. The van der Waals surface area contributed by atoms with Crippen molar-refractivity contribution in [2.24, 2.45) is 19.1 Å². The molecule has 1 aromatic carbocycles. The van der Waals surface area contributed by atoms with Crippen molar-refractivity contribution in [1.29, 1.82) is 0 Å². The van der Waals surface area contributed by atoms with E-state index in [2.05, 4.69) is 39.8 Å². The molecule has 13 nitrogen and oxygen atoms in total.